The van der Waals surface area contributed by atoms with Crippen molar-refractivity contribution in [3.8, 4) is 16.8 Å². The molecule has 0 atom stereocenters. The van der Waals surface area contributed by atoms with Gasteiger partial charge in [-0.25, -0.2) is 9.67 Å². The van der Waals surface area contributed by atoms with Crippen LogP contribution < -0.4 is 0 Å². The lowest BCUT2D eigenvalue weighted by Gasteiger charge is -2.05. The summed E-state index contributed by atoms with van der Waals surface area (Å²) in [4.78, 5) is 20.0. The van der Waals surface area contributed by atoms with Gasteiger partial charge in [0, 0.05) is 34.8 Å². The first-order chi connectivity index (χ1) is 12.3. The molecule has 0 spiro atoms. The summed E-state index contributed by atoms with van der Waals surface area (Å²) < 4.78 is 1.60. The summed E-state index contributed by atoms with van der Waals surface area (Å²) in [6, 6.07) is 9.90. The van der Waals surface area contributed by atoms with E-state index in [0.29, 0.717) is 0 Å². The topological polar surface area (TPSA) is 89.4 Å². The second kappa shape index (κ2) is 5.34. The minimum atomic E-state index is 0.186. The van der Waals surface area contributed by atoms with E-state index in [4.69, 9.17) is 0 Å². The highest BCUT2D eigenvalue weighted by atomic mass is 16.1. The fourth-order valence-electron chi connectivity index (χ4n) is 3.04. The largest absolute Gasteiger partial charge is 0.345 e. The first-order valence-corrected chi connectivity index (χ1v) is 8.15. The van der Waals surface area contributed by atoms with Crippen molar-refractivity contribution in [1.82, 2.24) is 30.2 Å². The molecule has 3 aromatic heterocycles. The summed E-state index contributed by atoms with van der Waals surface area (Å²) in [5.74, 6) is 0.401. The number of nitrogens with one attached hydrogen (secondary N) is 1. The minimum absolute atomic E-state index is 0.186. The second-order valence-electron chi connectivity index (χ2n) is 6.27. The molecule has 1 N–H and O–H groups in total. The number of tetrazole rings is 1. The zero-order chi connectivity index (χ0) is 16.8. The molecular formula is C18H14N6O. The number of hydrogen-bond donors (Lipinski definition) is 1. The fraction of sp³-hybridized carbons (Fsp3) is 0.167. The normalized spacial score (nSPS) is 14.1. The van der Waals surface area contributed by atoms with Crippen LogP contribution in [0.3, 0.4) is 0 Å². The molecule has 3 heterocycles. The summed E-state index contributed by atoms with van der Waals surface area (Å²) >= 11 is 0. The van der Waals surface area contributed by atoms with Gasteiger partial charge in [-0.3, -0.25) is 4.79 Å². The standard InChI is InChI=1S/C18H14N6O/c25-17(11-4-5-11)16-9-20-18-15(16)7-13(8-19-18)12-2-1-3-14(6-12)24-10-21-22-23-24/h1-3,6-11H,4-5H2,(H,19,20). The molecule has 5 rings (SSSR count). The molecular weight excluding hydrogens is 316 g/mol. The Morgan fingerprint density at radius 2 is 2.12 bits per heavy atom. The van der Waals surface area contributed by atoms with Crippen molar-refractivity contribution in [3.05, 3.63) is 54.6 Å². The number of fused-ring (bicyclic) bond motifs is 1. The third-order valence-electron chi connectivity index (χ3n) is 4.54. The maximum atomic E-state index is 12.5. The van der Waals surface area contributed by atoms with Crippen molar-refractivity contribution >= 4 is 16.8 Å². The van der Waals surface area contributed by atoms with Crippen LogP contribution >= 0.6 is 0 Å². The van der Waals surface area contributed by atoms with Crippen LogP contribution in [-0.2, 0) is 0 Å². The van der Waals surface area contributed by atoms with E-state index >= 15 is 0 Å². The van der Waals surface area contributed by atoms with Crippen LogP contribution in [0.5, 0.6) is 0 Å². The summed E-state index contributed by atoms with van der Waals surface area (Å²) in [7, 11) is 0. The van der Waals surface area contributed by atoms with Crippen LogP contribution in [0.1, 0.15) is 23.2 Å². The van der Waals surface area contributed by atoms with Gasteiger partial charge in [-0.1, -0.05) is 12.1 Å². The number of rotatable bonds is 4. The van der Waals surface area contributed by atoms with Gasteiger partial charge in [0.1, 0.15) is 12.0 Å². The number of ketones is 1. The van der Waals surface area contributed by atoms with Gasteiger partial charge in [-0.2, -0.15) is 0 Å². The number of Topliss-reactive ketones (excluding diaryl/α,β-unsaturated/α-hetero) is 1. The fourth-order valence-corrected chi connectivity index (χ4v) is 3.04. The number of hydrogen-bond acceptors (Lipinski definition) is 5. The minimum Gasteiger partial charge on any atom is -0.345 e. The van der Waals surface area contributed by atoms with Gasteiger partial charge in [0.25, 0.3) is 0 Å². The molecule has 1 aromatic carbocycles. The highest BCUT2D eigenvalue weighted by Gasteiger charge is 2.31. The number of aromatic nitrogens is 6. The second-order valence-corrected chi connectivity index (χ2v) is 6.27. The summed E-state index contributed by atoms with van der Waals surface area (Å²) in [5, 5.41) is 12.1. The van der Waals surface area contributed by atoms with Crippen molar-refractivity contribution in [2.24, 2.45) is 5.92 Å². The van der Waals surface area contributed by atoms with Crippen molar-refractivity contribution in [2.75, 3.05) is 0 Å². The van der Waals surface area contributed by atoms with Gasteiger partial charge in [0.05, 0.1) is 5.69 Å². The zero-order valence-corrected chi connectivity index (χ0v) is 13.3. The SMILES string of the molecule is O=C(c1c[nH]c2ncc(-c3cccc(-n4cnnn4)c3)cc12)C1CC1. The molecule has 1 aliphatic rings. The highest BCUT2D eigenvalue weighted by molar-refractivity contribution is 6.09. The molecule has 0 saturated heterocycles. The molecule has 0 unspecified atom stereocenters. The first kappa shape index (κ1) is 14.0. The number of pyridine rings is 1. The quantitative estimate of drug-likeness (QED) is 0.581. The van der Waals surface area contributed by atoms with Crippen molar-refractivity contribution in [1.29, 1.82) is 0 Å². The summed E-state index contributed by atoms with van der Waals surface area (Å²) in [6.07, 6.45) is 7.13. The van der Waals surface area contributed by atoms with Gasteiger partial charge < -0.3 is 4.98 Å². The van der Waals surface area contributed by atoms with Gasteiger partial charge in [0.15, 0.2) is 5.78 Å². The lowest BCUT2D eigenvalue weighted by atomic mass is 10.0. The molecule has 1 fully saturated rings. The summed E-state index contributed by atoms with van der Waals surface area (Å²) in [6.45, 7) is 0. The molecule has 0 amide bonds. The third kappa shape index (κ3) is 2.40. The Kier molecular flexibility index (Phi) is 3.00. The van der Waals surface area contributed by atoms with Crippen LogP contribution in [0, 0.1) is 5.92 Å². The lowest BCUT2D eigenvalue weighted by molar-refractivity contribution is 0.0969. The van der Waals surface area contributed by atoms with E-state index < -0.39 is 0 Å². The molecule has 122 valence electrons. The Morgan fingerprint density at radius 3 is 2.92 bits per heavy atom. The Morgan fingerprint density at radius 1 is 1.20 bits per heavy atom. The van der Waals surface area contributed by atoms with E-state index in [0.717, 1.165) is 46.3 Å². The Bertz CT molecular complexity index is 1080. The monoisotopic (exact) mass is 330 g/mol. The van der Waals surface area contributed by atoms with Gasteiger partial charge in [-0.15, -0.1) is 5.10 Å². The molecule has 1 saturated carbocycles. The van der Waals surface area contributed by atoms with Crippen LogP contribution in [0.15, 0.2) is 49.1 Å². The Hall–Kier alpha value is -3.35. The van der Waals surface area contributed by atoms with E-state index in [1.54, 1.807) is 17.2 Å². The predicted octanol–water partition coefficient (Wildman–Crippen LogP) is 2.80. The van der Waals surface area contributed by atoms with Crippen LogP contribution in [0.4, 0.5) is 0 Å². The molecule has 7 heteroatoms. The van der Waals surface area contributed by atoms with E-state index in [-0.39, 0.29) is 11.7 Å². The van der Waals surface area contributed by atoms with Crippen molar-refractivity contribution in [3.63, 3.8) is 0 Å². The van der Waals surface area contributed by atoms with Crippen LogP contribution in [-0.4, -0.2) is 36.0 Å². The average molecular weight is 330 g/mol. The highest BCUT2D eigenvalue weighted by Crippen LogP contribution is 2.35. The predicted molar refractivity (Wildman–Crippen MR) is 91.3 cm³/mol. The summed E-state index contributed by atoms with van der Waals surface area (Å²) in [5.41, 5.74) is 4.29. The smallest absolute Gasteiger partial charge is 0.168 e. The van der Waals surface area contributed by atoms with Gasteiger partial charge in [0.2, 0.25) is 0 Å². The molecule has 1 aliphatic carbocycles. The Labute approximate surface area is 142 Å². The molecule has 25 heavy (non-hydrogen) atoms. The number of carbonyl (C=O) groups excluding carboxylic acids is 1. The first-order valence-electron chi connectivity index (χ1n) is 8.15. The van der Waals surface area contributed by atoms with E-state index in [1.165, 1.54) is 0 Å². The van der Waals surface area contributed by atoms with Gasteiger partial charge >= 0.3 is 0 Å². The molecule has 0 radical (unpaired) electrons. The number of aromatic amines is 1. The molecule has 0 bridgehead atoms. The van der Waals surface area contributed by atoms with E-state index in [9.17, 15) is 4.79 Å². The molecule has 0 aliphatic heterocycles. The van der Waals surface area contributed by atoms with Crippen LogP contribution in [0.2, 0.25) is 0 Å². The van der Waals surface area contributed by atoms with Crippen molar-refractivity contribution < 1.29 is 4.79 Å². The third-order valence-corrected chi connectivity index (χ3v) is 4.54. The molecule has 7 nitrogen and oxygen atoms in total. The maximum Gasteiger partial charge on any atom is 0.168 e. The number of carbonyl (C=O) groups is 1. The number of H-pyrrole nitrogens is 1. The van der Waals surface area contributed by atoms with Crippen LogP contribution in [0.25, 0.3) is 27.8 Å². The number of nitrogens with zero attached hydrogens (tertiary/aromatic N) is 5. The Balaban J connectivity index is 1.60. The zero-order valence-electron chi connectivity index (χ0n) is 13.3. The van der Waals surface area contributed by atoms with E-state index in [1.807, 2.05) is 36.5 Å². The molecule has 4 aromatic rings. The van der Waals surface area contributed by atoms with Gasteiger partial charge in [-0.05, 0) is 47.0 Å². The van der Waals surface area contributed by atoms with E-state index in [2.05, 4.69) is 25.5 Å². The maximum absolute atomic E-state index is 12.5. The average Bonchev–Trinajstić information content (AvgIpc) is 3.19. The lowest BCUT2D eigenvalue weighted by Crippen LogP contribution is -1.99. The van der Waals surface area contributed by atoms with Crippen molar-refractivity contribution in [2.45, 2.75) is 12.8 Å². The number of benzene rings is 1.